The van der Waals surface area contributed by atoms with Crippen molar-refractivity contribution in [2.24, 2.45) is 0 Å². The van der Waals surface area contributed by atoms with Crippen LogP contribution in [0.4, 0.5) is 0 Å². The minimum Gasteiger partial charge on any atom is -0.388 e. The van der Waals surface area contributed by atoms with Gasteiger partial charge in [0.15, 0.2) is 0 Å². The van der Waals surface area contributed by atoms with Crippen LogP contribution in [0.3, 0.4) is 0 Å². The van der Waals surface area contributed by atoms with Crippen LogP contribution in [0.25, 0.3) is 0 Å². The van der Waals surface area contributed by atoms with Gasteiger partial charge >= 0.3 is 0 Å². The minimum absolute atomic E-state index is 0.479. The van der Waals surface area contributed by atoms with E-state index in [2.05, 4.69) is 34.4 Å². The van der Waals surface area contributed by atoms with Gasteiger partial charge in [0.2, 0.25) is 0 Å². The first-order valence-electron chi connectivity index (χ1n) is 7.62. The Balaban J connectivity index is 1.64. The molecular weight excluding hydrogens is 280 g/mol. The summed E-state index contributed by atoms with van der Waals surface area (Å²) in [5.41, 5.74) is 1.94. The van der Waals surface area contributed by atoms with Crippen LogP contribution in [0.15, 0.2) is 41.4 Å². The SMILES string of the molecule is CSc1ccc(C(O)Cc2ccn(C3CCCC3)n2)cc1. The van der Waals surface area contributed by atoms with Crippen molar-refractivity contribution in [2.75, 3.05) is 6.26 Å². The maximum Gasteiger partial charge on any atom is 0.0846 e. The number of aliphatic hydroxyl groups is 1. The number of thioether (sulfide) groups is 1. The molecule has 0 saturated heterocycles. The fourth-order valence-electron chi connectivity index (χ4n) is 3.00. The summed E-state index contributed by atoms with van der Waals surface area (Å²) < 4.78 is 2.09. The number of nitrogens with zero attached hydrogens (tertiary/aromatic N) is 2. The molecule has 4 heteroatoms. The third-order valence-corrected chi connectivity index (χ3v) is 5.01. The Bertz CT molecular complexity index is 573. The lowest BCUT2D eigenvalue weighted by Crippen LogP contribution is -2.07. The van der Waals surface area contributed by atoms with E-state index in [-0.39, 0.29) is 0 Å². The number of rotatable bonds is 5. The molecule has 1 heterocycles. The normalized spacial score (nSPS) is 17.2. The second-order valence-corrected chi connectivity index (χ2v) is 6.60. The zero-order chi connectivity index (χ0) is 14.7. The molecule has 2 aromatic rings. The van der Waals surface area contributed by atoms with Crippen molar-refractivity contribution in [1.82, 2.24) is 9.78 Å². The van der Waals surface area contributed by atoms with Gasteiger partial charge in [0, 0.05) is 17.5 Å². The number of hydrogen-bond acceptors (Lipinski definition) is 3. The molecular formula is C17H22N2OS. The predicted octanol–water partition coefficient (Wildman–Crippen LogP) is 4.00. The second kappa shape index (κ2) is 6.67. The Morgan fingerprint density at radius 2 is 1.95 bits per heavy atom. The van der Waals surface area contributed by atoms with Gasteiger partial charge in [0.1, 0.15) is 0 Å². The molecule has 3 rings (SSSR count). The lowest BCUT2D eigenvalue weighted by atomic mass is 10.1. The average molecular weight is 302 g/mol. The summed E-state index contributed by atoms with van der Waals surface area (Å²) in [6.45, 7) is 0. The zero-order valence-electron chi connectivity index (χ0n) is 12.4. The molecule has 1 aliphatic carbocycles. The zero-order valence-corrected chi connectivity index (χ0v) is 13.2. The van der Waals surface area contributed by atoms with Gasteiger partial charge in [0.25, 0.3) is 0 Å². The molecule has 0 radical (unpaired) electrons. The first kappa shape index (κ1) is 14.7. The third kappa shape index (κ3) is 3.50. The largest absolute Gasteiger partial charge is 0.388 e. The van der Waals surface area contributed by atoms with E-state index in [4.69, 9.17) is 0 Å². The molecule has 1 saturated carbocycles. The highest BCUT2D eigenvalue weighted by molar-refractivity contribution is 7.98. The van der Waals surface area contributed by atoms with Crippen molar-refractivity contribution >= 4 is 11.8 Å². The van der Waals surface area contributed by atoms with Crippen molar-refractivity contribution in [3.05, 3.63) is 47.8 Å². The summed E-state index contributed by atoms with van der Waals surface area (Å²) in [4.78, 5) is 1.22. The summed E-state index contributed by atoms with van der Waals surface area (Å²) >= 11 is 1.71. The van der Waals surface area contributed by atoms with Crippen molar-refractivity contribution in [3.8, 4) is 0 Å². The molecule has 1 aromatic heterocycles. The van der Waals surface area contributed by atoms with Gasteiger partial charge < -0.3 is 5.11 Å². The van der Waals surface area contributed by atoms with E-state index in [9.17, 15) is 5.11 Å². The van der Waals surface area contributed by atoms with E-state index in [0.29, 0.717) is 12.5 Å². The maximum absolute atomic E-state index is 10.4. The van der Waals surface area contributed by atoms with E-state index in [1.54, 1.807) is 11.8 Å². The third-order valence-electron chi connectivity index (χ3n) is 4.27. The Morgan fingerprint density at radius 3 is 2.62 bits per heavy atom. The van der Waals surface area contributed by atoms with E-state index < -0.39 is 6.10 Å². The molecule has 1 aromatic carbocycles. The fourth-order valence-corrected chi connectivity index (χ4v) is 3.41. The summed E-state index contributed by atoms with van der Waals surface area (Å²) in [5, 5.41) is 15.0. The Kier molecular flexibility index (Phi) is 4.66. The van der Waals surface area contributed by atoms with Gasteiger partial charge in [-0.25, -0.2) is 0 Å². The molecule has 0 spiro atoms. The minimum atomic E-state index is -0.479. The topological polar surface area (TPSA) is 38.0 Å². The Morgan fingerprint density at radius 1 is 1.24 bits per heavy atom. The van der Waals surface area contributed by atoms with E-state index in [1.165, 1.54) is 30.6 Å². The van der Waals surface area contributed by atoms with Crippen molar-refractivity contribution in [1.29, 1.82) is 0 Å². The number of benzene rings is 1. The molecule has 112 valence electrons. The van der Waals surface area contributed by atoms with E-state index >= 15 is 0 Å². The van der Waals surface area contributed by atoms with Crippen LogP contribution in [-0.4, -0.2) is 21.1 Å². The highest BCUT2D eigenvalue weighted by atomic mass is 32.2. The second-order valence-electron chi connectivity index (χ2n) is 5.72. The molecule has 0 bridgehead atoms. The summed E-state index contributed by atoms with van der Waals surface area (Å²) in [6.07, 6.45) is 9.32. The molecule has 1 N–H and O–H groups in total. The van der Waals surface area contributed by atoms with Gasteiger partial charge in [-0.2, -0.15) is 5.10 Å². The van der Waals surface area contributed by atoms with Gasteiger partial charge in [0.05, 0.1) is 17.8 Å². The smallest absolute Gasteiger partial charge is 0.0846 e. The first-order valence-corrected chi connectivity index (χ1v) is 8.85. The molecule has 1 atom stereocenters. The van der Waals surface area contributed by atoms with E-state index in [1.807, 2.05) is 18.2 Å². The lowest BCUT2D eigenvalue weighted by molar-refractivity contribution is 0.176. The monoisotopic (exact) mass is 302 g/mol. The number of hydrogen-bond donors (Lipinski definition) is 1. The number of aliphatic hydroxyl groups excluding tert-OH is 1. The molecule has 1 aliphatic rings. The van der Waals surface area contributed by atoms with Crippen LogP contribution in [0.5, 0.6) is 0 Å². The fraction of sp³-hybridized carbons (Fsp3) is 0.471. The molecule has 1 unspecified atom stereocenters. The summed E-state index contributed by atoms with van der Waals surface area (Å²) in [7, 11) is 0. The number of aromatic nitrogens is 2. The van der Waals surface area contributed by atoms with E-state index in [0.717, 1.165) is 11.3 Å². The predicted molar refractivity (Wildman–Crippen MR) is 86.6 cm³/mol. The van der Waals surface area contributed by atoms with Crippen molar-refractivity contribution in [3.63, 3.8) is 0 Å². The van der Waals surface area contributed by atoms with Gasteiger partial charge in [-0.1, -0.05) is 25.0 Å². The quantitative estimate of drug-likeness (QED) is 0.849. The highest BCUT2D eigenvalue weighted by Crippen LogP contribution is 2.29. The average Bonchev–Trinajstić information content (AvgIpc) is 3.18. The van der Waals surface area contributed by atoms with Gasteiger partial charge in [-0.3, -0.25) is 4.68 Å². The molecule has 1 fully saturated rings. The molecule has 0 amide bonds. The van der Waals surface area contributed by atoms with Crippen LogP contribution in [0.2, 0.25) is 0 Å². The first-order chi connectivity index (χ1) is 10.3. The van der Waals surface area contributed by atoms with Crippen LogP contribution >= 0.6 is 11.8 Å². The molecule has 21 heavy (non-hydrogen) atoms. The molecule has 3 nitrogen and oxygen atoms in total. The van der Waals surface area contributed by atoms with Crippen molar-refractivity contribution < 1.29 is 5.11 Å². The van der Waals surface area contributed by atoms with Crippen LogP contribution in [0, 0.1) is 0 Å². The Labute approximate surface area is 130 Å². The maximum atomic E-state index is 10.4. The highest BCUT2D eigenvalue weighted by Gasteiger charge is 2.18. The lowest BCUT2D eigenvalue weighted by Gasteiger charge is -2.11. The molecule has 0 aliphatic heterocycles. The summed E-state index contributed by atoms with van der Waals surface area (Å²) in [5.74, 6) is 0. The van der Waals surface area contributed by atoms with Crippen LogP contribution in [-0.2, 0) is 6.42 Å². The summed E-state index contributed by atoms with van der Waals surface area (Å²) in [6, 6.07) is 10.7. The Hall–Kier alpha value is -1.26. The van der Waals surface area contributed by atoms with Gasteiger partial charge in [-0.15, -0.1) is 11.8 Å². The van der Waals surface area contributed by atoms with Crippen LogP contribution in [0.1, 0.15) is 49.1 Å². The van der Waals surface area contributed by atoms with Gasteiger partial charge in [-0.05, 0) is 42.9 Å². The standard InChI is InChI=1S/C17H22N2OS/c1-21-16-8-6-13(7-9-16)17(20)12-14-10-11-19(18-14)15-4-2-3-5-15/h6-11,15,17,20H,2-5,12H2,1H3. The van der Waals surface area contributed by atoms with Crippen LogP contribution < -0.4 is 0 Å². The van der Waals surface area contributed by atoms with Crippen molar-refractivity contribution in [2.45, 2.75) is 49.1 Å².